The van der Waals surface area contributed by atoms with Gasteiger partial charge in [0.15, 0.2) is 0 Å². The molecule has 0 radical (unpaired) electrons. The van der Waals surface area contributed by atoms with E-state index in [0.717, 1.165) is 36.5 Å². The van der Waals surface area contributed by atoms with Crippen LogP contribution < -0.4 is 5.32 Å². The number of nitrogens with one attached hydrogen (secondary N) is 1. The van der Waals surface area contributed by atoms with Gasteiger partial charge in [-0.1, -0.05) is 29.8 Å². The lowest BCUT2D eigenvalue weighted by Crippen LogP contribution is -2.34. The molecule has 1 aromatic carbocycles. The van der Waals surface area contributed by atoms with Crippen LogP contribution in [0.25, 0.3) is 0 Å². The first-order valence-corrected chi connectivity index (χ1v) is 7.40. The lowest BCUT2D eigenvalue weighted by molar-refractivity contribution is 0.154. The first kappa shape index (κ1) is 14.8. The molecule has 19 heavy (non-hydrogen) atoms. The van der Waals surface area contributed by atoms with Gasteiger partial charge in [0.2, 0.25) is 0 Å². The molecule has 106 valence electrons. The second kappa shape index (κ2) is 7.25. The molecular formula is C15H23ClN2O. The van der Waals surface area contributed by atoms with Crippen LogP contribution >= 0.6 is 11.6 Å². The second-order valence-electron chi connectivity index (χ2n) is 5.17. The number of rotatable bonds is 6. The summed E-state index contributed by atoms with van der Waals surface area (Å²) in [5, 5.41) is 13.5. The highest BCUT2D eigenvalue weighted by atomic mass is 35.5. The van der Waals surface area contributed by atoms with Gasteiger partial charge in [-0.3, -0.25) is 4.90 Å². The van der Waals surface area contributed by atoms with E-state index in [1.54, 1.807) is 0 Å². The van der Waals surface area contributed by atoms with Gasteiger partial charge in [0.05, 0.1) is 6.61 Å². The van der Waals surface area contributed by atoms with Crippen LogP contribution in [0, 0.1) is 0 Å². The molecule has 4 heteroatoms. The molecular weight excluding hydrogens is 260 g/mol. The first-order chi connectivity index (χ1) is 9.26. The zero-order valence-corrected chi connectivity index (χ0v) is 12.2. The van der Waals surface area contributed by atoms with Crippen LogP contribution in [0.3, 0.4) is 0 Å². The lowest BCUT2D eigenvalue weighted by Gasteiger charge is -2.26. The normalized spacial score (nSPS) is 21.7. The Kier molecular flexibility index (Phi) is 5.64. The van der Waals surface area contributed by atoms with Crippen LogP contribution in [-0.2, 0) is 0 Å². The van der Waals surface area contributed by atoms with Crippen LogP contribution in [0.2, 0.25) is 5.02 Å². The van der Waals surface area contributed by atoms with Gasteiger partial charge in [0, 0.05) is 23.7 Å². The maximum Gasteiger partial charge on any atom is 0.0586 e. The fraction of sp³-hybridized carbons (Fsp3) is 0.600. The molecule has 1 aliphatic rings. The highest BCUT2D eigenvalue weighted by molar-refractivity contribution is 6.31. The highest BCUT2D eigenvalue weighted by Gasteiger charge is 2.24. The van der Waals surface area contributed by atoms with Gasteiger partial charge >= 0.3 is 0 Å². The van der Waals surface area contributed by atoms with Crippen molar-refractivity contribution in [3.63, 3.8) is 0 Å². The largest absolute Gasteiger partial charge is 0.395 e. The molecule has 1 aliphatic heterocycles. The van der Waals surface area contributed by atoms with E-state index < -0.39 is 0 Å². The third-order valence-electron chi connectivity index (χ3n) is 4.04. The standard InChI is InChI=1S/C15H23ClN2O/c1-17-15(13-6-2-3-7-14(13)16)8-10-18-9-4-5-12(18)11-19/h2-3,6-7,12,15,17,19H,4-5,8-11H2,1H3. The first-order valence-electron chi connectivity index (χ1n) is 7.03. The maximum absolute atomic E-state index is 9.34. The number of hydrogen-bond donors (Lipinski definition) is 2. The van der Waals surface area contributed by atoms with Crippen molar-refractivity contribution in [2.75, 3.05) is 26.7 Å². The number of nitrogens with zero attached hydrogens (tertiary/aromatic N) is 1. The summed E-state index contributed by atoms with van der Waals surface area (Å²) in [7, 11) is 1.97. The van der Waals surface area contributed by atoms with E-state index in [0.29, 0.717) is 6.04 Å². The Morgan fingerprint density at radius 1 is 1.47 bits per heavy atom. The molecule has 1 saturated heterocycles. The molecule has 3 nitrogen and oxygen atoms in total. The maximum atomic E-state index is 9.34. The molecule has 1 heterocycles. The number of aliphatic hydroxyl groups excluding tert-OH is 1. The summed E-state index contributed by atoms with van der Waals surface area (Å²) in [6.45, 7) is 2.38. The molecule has 2 unspecified atom stereocenters. The van der Waals surface area contributed by atoms with E-state index in [4.69, 9.17) is 11.6 Å². The third-order valence-corrected chi connectivity index (χ3v) is 4.39. The molecule has 0 saturated carbocycles. The van der Waals surface area contributed by atoms with E-state index in [1.165, 1.54) is 6.42 Å². The minimum atomic E-state index is 0.272. The highest BCUT2D eigenvalue weighted by Crippen LogP contribution is 2.26. The van der Waals surface area contributed by atoms with E-state index in [2.05, 4.69) is 16.3 Å². The molecule has 2 atom stereocenters. The van der Waals surface area contributed by atoms with Gasteiger partial charge in [-0.25, -0.2) is 0 Å². The molecule has 1 fully saturated rings. The predicted octanol–water partition coefficient (Wildman–Crippen LogP) is 2.45. The SMILES string of the molecule is CNC(CCN1CCCC1CO)c1ccccc1Cl. The van der Waals surface area contributed by atoms with Crippen LogP contribution in [-0.4, -0.2) is 42.8 Å². The average Bonchev–Trinajstić information content (AvgIpc) is 2.88. The van der Waals surface area contributed by atoms with Gasteiger partial charge in [-0.2, -0.15) is 0 Å². The van der Waals surface area contributed by atoms with E-state index in [1.807, 2.05) is 25.2 Å². The fourth-order valence-electron chi connectivity index (χ4n) is 2.90. The summed E-state index contributed by atoms with van der Waals surface area (Å²) in [6, 6.07) is 8.63. The second-order valence-corrected chi connectivity index (χ2v) is 5.57. The lowest BCUT2D eigenvalue weighted by atomic mass is 10.0. The number of likely N-dealkylation sites (tertiary alicyclic amines) is 1. The fourth-order valence-corrected chi connectivity index (χ4v) is 3.17. The molecule has 0 aliphatic carbocycles. The van der Waals surface area contributed by atoms with Crippen LogP contribution in [0.4, 0.5) is 0 Å². The predicted molar refractivity (Wildman–Crippen MR) is 79.6 cm³/mol. The van der Waals surface area contributed by atoms with Crippen molar-refractivity contribution in [3.05, 3.63) is 34.9 Å². The Morgan fingerprint density at radius 3 is 2.95 bits per heavy atom. The summed E-state index contributed by atoms with van der Waals surface area (Å²) in [6.07, 6.45) is 3.32. The van der Waals surface area contributed by atoms with Gasteiger partial charge in [-0.05, 0) is 44.5 Å². The Hall–Kier alpha value is -0.610. The third kappa shape index (κ3) is 3.69. The Balaban J connectivity index is 1.95. The van der Waals surface area contributed by atoms with E-state index >= 15 is 0 Å². The van der Waals surface area contributed by atoms with Crippen molar-refractivity contribution in [1.82, 2.24) is 10.2 Å². The number of halogens is 1. The monoisotopic (exact) mass is 282 g/mol. The smallest absolute Gasteiger partial charge is 0.0586 e. The van der Waals surface area contributed by atoms with Crippen LogP contribution in [0.5, 0.6) is 0 Å². The van der Waals surface area contributed by atoms with Crippen molar-refractivity contribution in [3.8, 4) is 0 Å². The average molecular weight is 283 g/mol. The molecule has 0 bridgehead atoms. The van der Waals surface area contributed by atoms with Gasteiger partial charge in [0.25, 0.3) is 0 Å². The number of hydrogen-bond acceptors (Lipinski definition) is 3. The zero-order chi connectivity index (χ0) is 13.7. The summed E-state index contributed by atoms with van der Waals surface area (Å²) in [5.41, 5.74) is 1.16. The Bertz CT molecular complexity index is 399. The minimum absolute atomic E-state index is 0.272. The number of aliphatic hydroxyl groups is 1. The molecule has 0 amide bonds. The van der Waals surface area contributed by atoms with Crippen LogP contribution in [0.15, 0.2) is 24.3 Å². The Morgan fingerprint density at radius 2 is 2.26 bits per heavy atom. The molecule has 2 N–H and O–H groups in total. The minimum Gasteiger partial charge on any atom is -0.395 e. The molecule has 0 spiro atoms. The van der Waals surface area contributed by atoms with Crippen molar-refractivity contribution in [2.45, 2.75) is 31.3 Å². The van der Waals surface area contributed by atoms with Crippen molar-refractivity contribution < 1.29 is 5.11 Å². The summed E-state index contributed by atoms with van der Waals surface area (Å²) in [4.78, 5) is 2.39. The summed E-state index contributed by atoms with van der Waals surface area (Å²) >= 11 is 6.26. The van der Waals surface area contributed by atoms with E-state index in [-0.39, 0.29) is 12.6 Å². The Labute approximate surface area is 120 Å². The molecule has 2 rings (SSSR count). The summed E-state index contributed by atoms with van der Waals surface area (Å²) < 4.78 is 0. The van der Waals surface area contributed by atoms with Gasteiger partial charge in [-0.15, -0.1) is 0 Å². The van der Waals surface area contributed by atoms with E-state index in [9.17, 15) is 5.11 Å². The molecule has 0 aromatic heterocycles. The van der Waals surface area contributed by atoms with Gasteiger partial charge in [0.1, 0.15) is 0 Å². The van der Waals surface area contributed by atoms with Crippen molar-refractivity contribution in [1.29, 1.82) is 0 Å². The van der Waals surface area contributed by atoms with Crippen molar-refractivity contribution in [2.24, 2.45) is 0 Å². The molecule has 1 aromatic rings. The van der Waals surface area contributed by atoms with Crippen LogP contribution in [0.1, 0.15) is 30.9 Å². The summed E-state index contributed by atoms with van der Waals surface area (Å²) in [5.74, 6) is 0. The van der Waals surface area contributed by atoms with Crippen molar-refractivity contribution >= 4 is 11.6 Å². The number of benzene rings is 1. The van der Waals surface area contributed by atoms with Gasteiger partial charge < -0.3 is 10.4 Å². The quantitative estimate of drug-likeness (QED) is 0.841. The zero-order valence-electron chi connectivity index (χ0n) is 11.5. The topological polar surface area (TPSA) is 35.5 Å².